The molecule has 11 heteroatoms. The van der Waals surface area contributed by atoms with E-state index in [9.17, 15) is 28.1 Å². The second-order valence-electron chi connectivity index (χ2n) is 5.73. The van der Waals surface area contributed by atoms with Crippen LogP contribution in [0.25, 0.3) is 0 Å². The topological polar surface area (TPSA) is 116 Å². The first-order valence-corrected chi connectivity index (χ1v) is 8.02. The van der Waals surface area contributed by atoms with Gasteiger partial charge < -0.3 is 15.6 Å². The molecule has 2 aromatic rings. The molecule has 0 spiro atoms. The van der Waals surface area contributed by atoms with Crippen LogP contribution in [0.4, 0.5) is 18.9 Å². The summed E-state index contributed by atoms with van der Waals surface area (Å²) in [5.41, 5.74) is 2.86. The summed E-state index contributed by atoms with van der Waals surface area (Å²) in [7, 11) is 0. The lowest BCUT2D eigenvalue weighted by Gasteiger charge is -2.11. The summed E-state index contributed by atoms with van der Waals surface area (Å²) in [5.74, 6) is -1.83. The lowest BCUT2D eigenvalue weighted by Crippen LogP contribution is -2.06. The normalized spacial score (nSPS) is 10.9. The van der Waals surface area contributed by atoms with Crippen molar-refractivity contribution in [2.75, 3.05) is 0 Å². The van der Waals surface area contributed by atoms with Gasteiger partial charge in [-0.2, -0.15) is 13.2 Å². The van der Waals surface area contributed by atoms with Gasteiger partial charge in [0, 0.05) is 12.1 Å². The van der Waals surface area contributed by atoms with E-state index in [0.717, 1.165) is 30.3 Å². The number of aromatic carboxylic acids is 1. The summed E-state index contributed by atoms with van der Waals surface area (Å²) in [6.45, 7) is 3.89. The van der Waals surface area contributed by atoms with Crippen molar-refractivity contribution in [2.24, 2.45) is 5.73 Å². The molecule has 2 aromatic carbocycles. The molecule has 0 aliphatic heterocycles. The Labute approximate surface area is 162 Å². The Kier molecular flexibility index (Phi) is 7.77. The number of nitro groups is 1. The Bertz CT molecular complexity index is 870. The van der Waals surface area contributed by atoms with Crippen LogP contribution >= 0.6 is 11.6 Å². The van der Waals surface area contributed by atoms with Gasteiger partial charge in [-0.1, -0.05) is 25.4 Å². The van der Waals surface area contributed by atoms with Gasteiger partial charge in [0.15, 0.2) is 0 Å². The molecular formula is C17H16ClF3N2O5. The number of halogens is 4. The molecule has 0 saturated heterocycles. The number of benzene rings is 2. The molecule has 0 aliphatic rings. The van der Waals surface area contributed by atoms with E-state index in [2.05, 4.69) is 0 Å². The number of nitrogens with two attached hydrogens (primary N) is 1. The molecule has 0 aromatic heterocycles. The van der Waals surface area contributed by atoms with E-state index in [4.69, 9.17) is 27.2 Å². The minimum atomic E-state index is -4.58. The fraction of sp³-hybridized carbons (Fsp3) is 0.235. The molecule has 0 atom stereocenters. The predicted octanol–water partition coefficient (Wildman–Crippen LogP) is 5.11. The zero-order valence-electron chi connectivity index (χ0n) is 14.7. The number of hydrogen-bond acceptors (Lipinski definition) is 5. The van der Waals surface area contributed by atoms with Gasteiger partial charge in [-0.3, -0.25) is 10.1 Å². The zero-order valence-corrected chi connectivity index (χ0v) is 15.4. The van der Waals surface area contributed by atoms with Gasteiger partial charge in [0.05, 0.1) is 15.5 Å². The molecule has 152 valence electrons. The number of carboxylic acid groups (broad SMARTS) is 1. The first kappa shape index (κ1) is 23.2. The number of alkyl halides is 3. The molecular weight excluding hydrogens is 405 g/mol. The number of hydrogen-bond donors (Lipinski definition) is 2. The number of nitro benzene ring substituents is 1. The Morgan fingerprint density at radius 1 is 1.25 bits per heavy atom. The highest BCUT2D eigenvalue weighted by Gasteiger charge is 2.31. The van der Waals surface area contributed by atoms with E-state index in [-0.39, 0.29) is 16.5 Å². The Hall–Kier alpha value is -2.85. The van der Waals surface area contributed by atoms with Crippen LogP contribution in [0.3, 0.4) is 0 Å². The first-order chi connectivity index (χ1) is 12.8. The second kappa shape index (κ2) is 9.38. The van der Waals surface area contributed by atoms with E-state index < -0.39 is 33.9 Å². The molecule has 0 radical (unpaired) electrons. The second-order valence-corrected chi connectivity index (χ2v) is 6.14. The molecule has 0 aliphatic carbocycles. The van der Waals surface area contributed by atoms with Crippen LogP contribution < -0.4 is 10.5 Å². The molecule has 7 nitrogen and oxygen atoms in total. The van der Waals surface area contributed by atoms with E-state index in [1.54, 1.807) is 0 Å². The number of carbonyl (C=O) groups is 1. The highest BCUT2D eigenvalue weighted by atomic mass is 35.5. The number of carboxylic acids is 1. The van der Waals surface area contributed by atoms with Crippen LogP contribution in [0.5, 0.6) is 11.5 Å². The van der Waals surface area contributed by atoms with Gasteiger partial charge in [-0.05, 0) is 30.3 Å². The number of rotatable bonds is 4. The molecule has 2 rings (SSSR count). The van der Waals surface area contributed by atoms with Gasteiger partial charge in [0.1, 0.15) is 17.1 Å². The smallest absolute Gasteiger partial charge is 0.416 e. The van der Waals surface area contributed by atoms with Crippen molar-refractivity contribution >= 4 is 23.3 Å². The van der Waals surface area contributed by atoms with Crippen molar-refractivity contribution in [3.8, 4) is 11.5 Å². The highest BCUT2D eigenvalue weighted by molar-refractivity contribution is 6.32. The van der Waals surface area contributed by atoms with Gasteiger partial charge in [0.2, 0.25) is 0 Å². The van der Waals surface area contributed by atoms with Crippen LogP contribution in [-0.2, 0) is 6.18 Å². The van der Waals surface area contributed by atoms with Crippen molar-refractivity contribution in [2.45, 2.75) is 26.1 Å². The maximum Gasteiger partial charge on any atom is 0.416 e. The lowest BCUT2D eigenvalue weighted by molar-refractivity contribution is -0.385. The lowest BCUT2D eigenvalue weighted by atomic mass is 10.1. The summed E-state index contributed by atoms with van der Waals surface area (Å²) in [4.78, 5) is 20.9. The standard InChI is InChI=1S/C14H7ClF3NO5.C3H9N/c15-10-5-7(14(16,17)18)1-4-12(10)24-8-2-3-11(19(22)23)9(6-8)13(20)21;1-3(2)4/h1-6H,(H,20,21);3H,4H2,1-2H3. The van der Waals surface area contributed by atoms with Gasteiger partial charge in [-0.25, -0.2) is 4.79 Å². The quantitative estimate of drug-likeness (QED) is 0.524. The third-order valence-electron chi connectivity index (χ3n) is 2.88. The van der Waals surface area contributed by atoms with Crippen LogP contribution in [0.2, 0.25) is 5.02 Å². The first-order valence-electron chi connectivity index (χ1n) is 7.64. The molecule has 28 heavy (non-hydrogen) atoms. The largest absolute Gasteiger partial charge is 0.477 e. The van der Waals surface area contributed by atoms with E-state index in [0.29, 0.717) is 12.1 Å². The minimum absolute atomic E-state index is 0.125. The third kappa shape index (κ3) is 6.71. The molecule has 0 saturated carbocycles. The van der Waals surface area contributed by atoms with Gasteiger partial charge >= 0.3 is 12.1 Å². The number of nitrogens with zero attached hydrogens (tertiary/aromatic N) is 1. The average Bonchev–Trinajstić information content (AvgIpc) is 2.54. The van der Waals surface area contributed by atoms with Crippen LogP contribution in [0.15, 0.2) is 36.4 Å². The summed E-state index contributed by atoms with van der Waals surface area (Å²) in [5, 5.41) is 19.4. The highest BCUT2D eigenvalue weighted by Crippen LogP contribution is 2.37. The molecule has 0 heterocycles. The van der Waals surface area contributed by atoms with Crippen LogP contribution in [0, 0.1) is 10.1 Å². The van der Waals surface area contributed by atoms with Crippen molar-refractivity contribution in [1.82, 2.24) is 0 Å². The van der Waals surface area contributed by atoms with Crippen LogP contribution in [-0.4, -0.2) is 22.0 Å². The maximum absolute atomic E-state index is 12.6. The molecule has 0 amide bonds. The van der Waals surface area contributed by atoms with Crippen molar-refractivity contribution in [1.29, 1.82) is 0 Å². The summed E-state index contributed by atoms with van der Waals surface area (Å²) < 4.78 is 42.9. The summed E-state index contributed by atoms with van der Waals surface area (Å²) in [6, 6.07) is 5.60. The third-order valence-corrected chi connectivity index (χ3v) is 3.18. The Balaban J connectivity index is 0.000000892. The van der Waals surface area contributed by atoms with Crippen molar-refractivity contribution in [3.05, 3.63) is 62.7 Å². The maximum atomic E-state index is 12.6. The van der Waals surface area contributed by atoms with E-state index >= 15 is 0 Å². The molecule has 0 fully saturated rings. The number of ether oxygens (including phenoxy) is 1. The minimum Gasteiger partial charge on any atom is -0.477 e. The fourth-order valence-electron chi connectivity index (χ4n) is 1.80. The predicted molar refractivity (Wildman–Crippen MR) is 95.9 cm³/mol. The van der Waals surface area contributed by atoms with E-state index in [1.165, 1.54) is 0 Å². The monoisotopic (exact) mass is 420 g/mol. The Morgan fingerprint density at radius 2 is 1.82 bits per heavy atom. The van der Waals surface area contributed by atoms with Crippen molar-refractivity contribution in [3.63, 3.8) is 0 Å². The van der Waals surface area contributed by atoms with Crippen molar-refractivity contribution < 1.29 is 32.7 Å². The molecule has 3 N–H and O–H groups in total. The van der Waals surface area contributed by atoms with Gasteiger partial charge in [0.25, 0.3) is 5.69 Å². The fourth-order valence-corrected chi connectivity index (χ4v) is 2.02. The van der Waals surface area contributed by atoms with E-state index in [1.807, 2.05) is 13.8 Å². The van der Waals surface area contributed by atoms with Gasteiger partial charge in [-0.15, -0.1) is 0 Å². The zero-order chi connectivity index (χ0) is 21.6. The summed E-state index contributed by atoms with van der Waals surface area (Å²) in [6.07, 6.45) is -4.58. The summed E-state index contributed by atoms with van der Waals surface area (Å²) >= 11 is 5.72. The average molecular weight is 421 g/mol. The Morgan fingerprint density at radius 3 is 2.25 bits per heavy atom. The molecule has 0 bridgehead atoms. The SMILES string of the molecule is CC(C)N.O=C(O)c1cc(Oc2ccc(C(F)(F)F)cc2Cl)ccc1[N+](=O)[O-]. The molecule has 0 unspecified atom stereocenters. The van der Waals surface area contributed by atoms with Crippen LogP contribution in [0.1, 0.15) is 29.8 Å².